The summed E-state index contributed by atoms with van der Waals surface area (Å²) in [6.45, 7) is 5.93. The van der Waals surface area contributed by atoms with Crippen LogP contribution in [0.25, 0.3) is 0 Å². The molecule has 0 aliphatic carbocycles. The molecule has 25 heavy (non-hydrogen) atoms. The molecule has 0 bridgehead atoms. The lowest BCUT2D eigenvalue weighted by Crippen LogP contribution is -2.34. The Balaban J connectivity index is 1.37. The summed E-state index contributed by atoms with van der Waals surface area (Å²) < 4.78 is 0. The van der Waals surface area contributed by atoms with Gasteiger partial charge in [0.25, 0.3) is 0 Å². The lowest BCUT2D eigenvalue weighted by Gasteiger charge is -2.20. The minimum Gasteiger partial charge on any atom is -0.342 e. The summed E-state index contributed by atoms with van der Waals surface area (Å²) in [6, 6.07) is 7.73. The van der Waals surface area contributed by atoms with E-state index < -0.39 is 0 Å². The van der Waals surface area contributed by atoms with Gasteiger partial charge < -0.3 is 15.5 Å². The number of hydrogen-bond acceptors (Lipinski definition) is 4. The van der Waals surface area contributed by atoms with Gasteiger partial charge in [-0.1, -0.05) is 17.7 Å². The SMILES string of the molecule is Cc1ccc(NC(=O)CSCC(=O)N2CC[C@@H]3CNC[C@@H]3CC2)cc1. The summed E-state index contributed by atoms with van der Waals surface area (Å²) >= 11 is 1.40. The van der Waals surface area contributed by atoms with Gasteiger partial charge >= 0.3 is 0 Å². The van der Waals surface area contributed by atoms with E-state index in [0.29, 0.717) is 11.5 Å². The summed E-state index contributed by atoms with van der Waals surface area (Å²) in [4.78, 5) is 26.4. The maximum atomic E-state index is 12.4. The highest BCUT2D eigenvalue weighted by Crippen LogP contribution is 2.27. The highest BCUT2D eigenvalue weighted by atomic mass is 32.2. The first-order valence-electron chi connectivity index (χ1n) is 9.04. The molecule has 0 aromatic heterocycles. The molecule has 2 heterocycles. The third kappa shape index (κ3) is 5.22. The first kappa shape index (κ1) is 18.3. The third-order valence-corrected chi connectivity index (χ3v) is 6.08. The van der Waals surface area contributed by atoms with Crippen LogP contribution in [0.4, 0.5) is 5.69 Å². The van der Waals surface area contributed by atoms with Crippen LogP contribution >= 0.6 is 11.8 Å². The molecule has 0 saturated carbocycles. The zero-order valence-corrected chi connectivity index (χ0v) is 15.6. The van der Waals surface area contributed by atoms with Gasteiger partial charge in [0.05, 0.1) is 11.5 Å². The first-order chi connectivity index (χ1) is 12.1. The molecular formula is C19H27N3O2S. The summed E-state index contributed by atoms with van der Waals surface area (Å²) in [5, 5.41) is 6.32. The maximum absolute atomic E-state index is 12.4. The van der Waals surface area contributed by atoms with Crippen LogP contribution in [0.15, 0.2) is 24.3 Å². The Bertz CT molecular complexity index is 591. The summed E-state index contributed by atoms with van der Waals surface area (Å²) in [5.41, 5.74) is 1.96. The Morgan fingerprint density at radius 1 is 1.12 bits per heavy atom. The van der Waals surface area contributed by atoms with E-state index in [4.69, 9.17) is 0 Å². The van der Waals surface area contributed by atoms with Crippen LogP contribution in [0.5, 0.6) is 0 Å². The number of rotatable bonds is 5. The largest absolute Gasteiger partial charge is 0.342 e. The summed E-state index contributed by atoms with van der Waals surface area (Å²) in [7, 11) is 0. The Hall–Kier alpha value is -1.53. The van der Waals surface area contributed by atoms with Gasteiger partial charge in [0.1, 0.15) is 0 Å². The summed E-state index contributed by atoms with van der Waals surface area (Å²) in [6.07, 6.45) is 2.20. The highest BCUT2D eigenvalue weighted by molar-refractivity contribution is 8.00. The smallest absolute Gasteiger partial charge is 0.234 e. The van der Waals surface area contributed by atoms with Crippen molar-refractivity contribution in [3.05, 3.63) is 29.8 Å². The Morgan fingerprint density at radius 2 is 1.76 bits per heavy atom. The zero-order chi connectivity index (χ0) is 17.6. The molecule has 2 aliphatic rings. The van der Waals surface area contributed by atoms with Crippen molar-refractivity contribution >= 4 is 29.3 Å². The number of anilines is 1. The highest BCUT2D eigenvalue weighted by Gasteiger charge is 2.31. The van der Waals surface area contributed by atoms with Gasteiger partial charge in [-0.3, -0.25) is 9.59 Å². The lowest BCUT2D eigenvalue weighted by atomic mass is 9.92. The predicted octanol–water partition coefficient (Wildman–Crippen LogP) is 2.12. The molecule has 0 radical (unpaired) electrons. The number of thioether (sulfide) groups is 1. The van der Waals surface area contributed by atoms with E-state index in [1.165, 1.54) is 11.8 Å². The molecule has 2 aliphatic heterocycles. The Labute approximate surface area is 153 Å². The second-order valence-corrected chi connectivity index (χ2v) is 8.03. The van der Waals surface area contributed by atoms with Crippen molar-refractivity contribution in [1.82, 2.24) is 10.2 Å². The van der Waals surface area contributed by atoms with Crippen molar-refractivity contribution in [3.8, 4) is 0 Å². The predicted molar refractivity (Wildman–Crippen MR) is 103 cm³/mol. The van der Waals surface area contributed by atoms with Gasteiger partial charge in [-0.05, 0) is 56.8 Å². The van der Waals surface area contributed by atoms with Gasteiger partial charge in [0, 0.05) is 18.8 Å². The number of likely N-dealkylation sites (tertiary alicyclic amines) is 1. The number of benzene rings is 1. The number of nitrogens with one attached hydrogen (secondary N) is 2. The van der Waals surface area contributed by atoms with E-state index in [1.54, 1.807) is 0 Å². The lowest BCUT2D eigenvalue weighted by molar-refractivity contribution is -0.128. The van der Waals surface area contributed by atoms with Crippen LogP contribution in [0.3, 0.4) is 0 Å². The molecule has 6 heteroatoms. The molecule has 2 N–H and O–H groups in total. The van der Waals surface area contributed by atoms with Crippen LogP contribution in [0.2, 0.25) is 0 Å². The number of carbonyl (C=O) groups excluding carboxylic acids is 2. The van der Waals surface area contributed by atoms with Crippen LogP contribution in [0, 0.1) is 18.8 Å². The standard InChI is InChI=1S/C19H27N3O2S/c1-14-2-4-17(5-3-14)21-18(23)12-25-13-19(24)22-8-6-15-10-20-11-16(15)7-9-22/h2-5,15-16,20H,6-13H2,1H3,(H,21,23)/t15-,16+. The van der Waals surface area contributed by atoms with Crippen molar-refractivity contribution < 1.29 is 9.59 Å². The topological polar surface area (TPSA) is 61.4 Å². The minimum absolute atomic E-state index is 0.0573. The van der Waals surface area contributed by atoms with E-state index in [0.717, 1.165) is 62.1 Å². The fourth-order valence-corrected chi connectivity index (χ4v) is 4.34. The Morgan fingerprint density at radius 3 is 2.40 bits per heavy atom. The molecule has 2 fully saturated rings. The Kier molecular flexibility index (Phi) is 6.37. The van der Waals surface area contributed by atoms with Gasteiger partial charge in [-0.25, -0.2) is 0 Å². The molecular weight excluding hydrogens is 334 g/mol. The molecule has 0 unspecified atom stereocenters. The van der Waals surface area contributed by atoms with Crippen LogP contribution < -0.4 is 10.6 Å². The van der Waals surface area contributed by atoms with E-state index in [9.17, 15) is 9.59 Å². The molecule has 2 saturated heterocycles. The van der Waals surface area contributed by atoms with E-state index in [2.05, 4.69) is 10.6 Å². The number of aryl methyl sites for hydroxylation is 1. The molecule has 2 atom stereocenters. The second-order valence-electron chi connectivity index (χ2n) is 7.04. The minimum atomic E-state index is -0.0573. The number of fused-ring (bicyclic) bond motifs is 1. The van der Waals surface area contributed by atoms with E-state index >= 15 is 0 Å². The summed E-state index contributed by atoms with van der Waals surface area (Å²) in [5.74, 6) is 2.26. The van der Waals surface area contributed by atoms with E-state index in [-0.39, 0.29) is 11.8 Å². The van der Waals surface area contributed by atoms with Crippen molar-refractivity contribution in [2.45, 2.75) is 19.8 Å². The average Bonchev–Trinajstić information content (AvgIpc) is 2.95. The zero-order valence-electron chi connectivity index (χ0n) is 14.8. The van der Waals surface area contributed by atoms with Crippen LogP contribution in [0.1, 0.15) is 18.4 Å². The molecule has 2 amide bonds. The molecule has 0 spiro atoms. The number of nitrogens with zero attached hydrogens (tertiary/aromatic N) is 1. The van der Waals surface area contributed by atoms with Gasteiger partial charge in [0.2, 0.25) is 11.8 Å². The molecule has 1 aromatic rings. The molecule has 5 nitrogen and oxygen atoms in total. The maximum Gasteiger partial charge on any atom is 0.234 e. The van der Waals surface area contributed by atoms with Crippen molar-refractivity contribution in [2.75, 3.05) is 43.0 Å². The second kappa shape index (κ2) is 8.72. The molecule has 136 valence electrons. The van der Waals surface area contributed by atoms with Crippen molar-refractivity contribution in [1.29, 1.82) is 0 Å². The molecule has 1 aromatic carbocycles. The fraction of sp³-hybridized carbons (Fsp3) is 0.579. The van der Waals surface area contributed by atoms with Crippen molar-refractivity contribution in [3.63, 3.8) is 0 Å². The fourth-order valence-electron chi connectivity index (χ4n) is 3.62. The van der Waals surface area contributed by atoms with Gasteiger partial charge in [0.15, 0.2) is 0 Å². The van der Waals surface area contributed by atoms with Gasteiger partial charge in [-0.15, -0.1) is 11.8 Å². The third-order valence-electron chi connectivity index (χ3n) is 5.17. The quantitative estimate of drug-likeness (QED) is 0.843. The number of amides is 2. The monoisotopic (exact) mass is 361 g/mol. The number of hydrogen-bond donors (Lipinski definition) is 2. The number of carbonyl (C=O) groups is 2. The van der Waals surface area contributed by atoms with Gasteiger partial charge in [-0.2, -0.15) is 0 Å². The first-order valence-corrected chi connectivity index (χ1v) is 10.2. The average molecular weight is 362 g/mol. The molecule has 3 rings (SSSR count). The van der Waals surface area contributed by atoms with Crippen LogP contribution in [-0.4, -0.2) is 54.4 Å². The van der Waals surface area contributed by atoms with E-state index in [1.807, 2.05) is 36.1 Å². The van der Waals surface area contributed by atoms with Crippen LogP contribution in [-0.2, 0) is 9.59 Å². The van der Waals surface area contributed by atoms with Crippen molar-refractivity contribution in [2.24, 2.45) is 11.8 Å². The normalized spacial score (nSPS) is 23.0.